The maximum absolute atomic E-state index is 9.06. The van der Waals surface area contributed by atoms with E-state index in [9.17, 15) is 0 Å². The van der Waals surface area contributed by atoms with E-state index in [1.807, 2.05) is 24.3 Å². The molecule has 0 bridgehead atoms. The lowest BCUT2D eigenvalue weighted by Gasteiger charge is -2.27. The number of aromatic hydroxyl groups is 1. The average Bonchev–Trinajstić information content (AvgIpc) is 3.27. The van der Waals surface area contributed by atoms with Crippen LogP contribution in [0, 0.1) is 5.92 Å². The number of hydrogen-bond donors (Lipinski definition) is 2. The Bertz CT molecular complexity index is 890. The first-order chi connectivity index (χ1) is 14.5. The van der Waals surface area contributed by atoms with Gasteiger partial charge in [-0.1, -0.05) is 55.8 Å². The minimum Gasteiger partial charge on any atom is -0.508 e. The Kier molecular flexibility index (Phi) is 8.18. The SMILES string of the molecule is CC(C)c1cccc(O)c1.Clc1ccc(N(C[C@@H]2CCNC2)c2ccccc2)cc1. The van der Waals surface area contributed by atoms with Crippen molar-refractivity contribution in [3.8, 4) is 5.75 Å². The largest absolute Gasteiger partial charge is 0.508 e. The lowest BCUT2D eigenvalue weighted by molar-refractivity contribution is 0.474. The number of para-hydroxylation sites is 1. The van der Waals surface area contributed by atoms with Gasteiger partial charge in [0.15, 0.2) is 0 Å². The van der Waals surface area contributed by atoms with Crippen LogP contribution in [0.1, 0.15) is 31.7 Å². The molecule has 158 valence electrons. The van der Waals surface area contributed by atoms with E-state index in [1.165, 1.54) is 23.4 Å². The molecule has 3 aromatic rings. The number of rotatable bonds is 5. The Balaban J connectivity index is 0.000000216. The van der Waals surface area contributed by atoms with E-state index < -0.39 is 0 Å². The second-order valence-corrected chi connectivity index (χ2v) is 8.47. The highest BCUT2D eigenvalue weighted by molar-refractivity contribution is 6.30. The number of phenolic OH excluding ortho intramolecular Hbond substituents is 1. The molecule has 0 aliphatic carbocycles. The summed E-state index contributed by atoms with van der Waals surface area (Å²) in [6, 6.07) is 26.0. The molecule has 4 rings (SSSR count). The zero-order chi connectivity index (χ0) is 21.3. The van der Waals surface area contributed by atoms with Crippen LogP contribution in [0.4, 0.5) is 11.4 Å². The molecular formula is C26H31ClN2O. The summed E-state index contributed by atoms with van der Waals surface area (Å²) in [6.07, 6.45) is 1.25. The van der Waals surface area contributed by atoms with E-state index in [4.69, 9.17) is 16.7 Å². The molecular weight excluding hydrogens is 392 g/mol. The Morgan fingerprint density at radius 1 is 0.967 bits per heavy atom. The zero-order valence-electron chi connectivity index (χ0n) is 17.8. The quantitative estimate of drug-likeness (QED) is 0.486. The smallest absolute Gasteiger partial charge is 0.115 e. The Morgan fingerprint density at radius 3 is 2.23 bits per heavy atom. The Morgan fingerprint density at radius 2 is 1.67 bits per heavy atom. The maximum Gasteiger partial charge on any atom is 0.115 e. The molecule has 1 aliphatic heterocycles. The molecule has 1 aliphatic rings. The highest BCUT2D eigenvalue weighted by atomic mass is 35.5. The molecule has 30 heavy (non-hydrogen) atoms. The summed E-state index contributed by atoms with van der Waals surface area (Å²) in [5.41, 5.74) is 3.62. The number of nitrogens with one attached hydrogen (secondary N) is 1. The standard InChI is InChI=1S/C17H19ClN2.C9H12O/c18-15-6-8-17(9-7-15)20(13-14-10-11-19-12-14)16-4-2-1-3-5-16;1-7(2)8-4-3-5-9(10)6-8/h1-9,14,19H,10-13H2;3-7,10H,1-2H3/t14-;/m1./s1. The third-order valence-electron chi connectivity index (χ3n) is 5.35. The first-order valence-corrected chi connectivity index (χ1v) is 11.0. The molecule has 0 saturated carbocycles. The highest BCUT2D eigenvalue weighted by Gasteiger charge is 2.19. The Hall–Kier alpha value is -2.49. The van der Waals surface area contributed by atoms with Gasteiger partial charge in [-0.25, -0.2) is 0 Å². The summed E-state index contributed by atoms with van der Waals surface area (Å²) in [5.74, 6) is 1.55. The predicted molar refractivity (Wildman–Crippen MR) is 128 cm³/mol. The normalized spacial score (nSPS) is 15.5. The van der Waals surface area contributed by atoms with Crippen LogP contribution in [0.25, 0.3) is 0 Å². The van der Waals surface area contributed by atoms with Crippen molar-refractivity contribution in [3.05, 3.63) is 89.4 Å². The molecule has 0 radical (unpaired) electrons. The van der Waals surface area contributed by atoms with E-state index in [2.05, 4.69) is 66.5 Å². The van der Waals surface area contributed by atoms with Gasteiger partial charge in [0, 0.05) is 22.9 Å². The maximum atomic E-state index is 9.06. The van der Waals surface area contributed by atoms with Crippen molar-refractivity contribution in [1.29, 1.82) is 0 Å². The topological polar surface area (TPSA) is 35.5 Å². The first-order valence-electron chi connectivity index (χ1n) is 10.6. The van der Waals surface area contributed by atoms with Crippen LogP contribution in [-0.4, -0.2) is 24.7 Å². The molecule has 0 amide bonds. The predicted octanol–water partition coefficient (Wildman–Crippen LogP) is 6.60. The van der Waals surface area contributed by atoms with Crippen molar-refractivity contribution in [2.45, 2.75) is 26.2 Å². The summed E-state index contributed by atoms with van der Waals surface area (Å²) >= 11 is 6.00. The molecule has 2 N–H and O–H groups in total. The van der Waals surface area contributed by atoms with Crippen LogP contribution >= 0.6 is 11.6 Å². The van der Waals surface area contributed by atoms with E-state index in [0.29, 0.717) is 17.6 Å². The fourth-order valence-electron chi connectivity index (χ4n) is 3.60. The van der Waals surface area contributed by atoms with Crippen LogP contribution in [0.5, 0.6) is 5.75 Å². The highest BCUT2D eigenvalue weighted by Crippen LogP contribution is 2.28. The third kappa shape index (κ3) is 6.51. The minimum atomic E-state index is 0.353. The van der Waals surface area contributed by atoms with Crippen molar-refractivity contribution >= 4 is 23.0 Å². The molecule has 1 saturated heterocycles. The number of hydrogen-bond acceptors (Lipinski definition) is 3. The van der Waals surface area contributed by atoms with E-state index >= 15 is 0 Å². The fourth-order valence-corrected chi connectivity index (χ4v) is 3.73. The lowest BCUT2D eigenvalue weighted by atomic mass is 10.0. The van der Waals surface area contributed by atoms with Gasteiger partial charge in [-0.15, -0.1) is 0 Å². The van der Waals surface area contributed by atoms with Gasteiger partial charge in [0.2, 0.25) is 0 Å². The number of phenols is 1. The van der Waals surface area contributed by atoms with Gasteiger partial charge in [-0.05, 0) is 85.4 Å². The number of nitrogens with zero attached hydrogens (tertiary/aromatic N) is 1. The molecule has 0 spiro atoms. The van der Waals surface area contributed by atoms with Crippen molar-refractivity contribution in [3.63, 3.8) is 0 Å². The minimum absolute atomic E-state index is 0.353. The average molecular weight is 423 g/mol. The van der Waals surface area contributed by atoms with Gasteiger partial charge in [0.05, 0.1) is 0 Å². The van der Waals surface area contributed by atoms with Gasteiger partial charge in [-0.2, -0.15) is 0 Å². The molecule has 3 nitrogen and oxygen atoms in total. The van der Waals surface area contributed by atoms with Gasteiger partial charge in [0.1, 0.15) is 5.75 Å². The van der Waals surface area contributed by atoms with Crippen LogP contribution in [0.2, 0.25) is 5.02 Å². The number of anilines is 2. The van der Waals surface area contributed by atoms with Gasteiger partial charge >= 0.3 is 0 Å². The van der Waals surface area contributed by atoms with Crippen LogP contribution < -0.4 is 10.2 Å². The summed E-state index contributed by atoms with van der Waals surface area (Å²) < 4.78 is 0. The summed E-state index contributed by atoms with van der Waals surface area (Å²) in [7, 11) is 0. The molecule has 1 fully saturated rings. The summed E-state index contributed by atoms with van der Waals surface area (Å²) in [5, 5.41) is 13.3. The van der Waals surface area contributed by atoms with Gasteiger partial charge in [0.25, 0.3) is 0 Å². The van der Waals surface area contributed by atoms with Crippen molar-refractivity contribution in [1.82, 2.24) is 5.32 Å². The molecule has 1 atom stereocenters. The van der Waals surface area contributed by atoms with Crippen molar-refractivity contribution in [2.24, 2.45) is 5.92 Å². The fraction of sp³-hybridized carbons (Fsp3) is 0.308. The molecule has 1 heterocycles. The molecule has 3 aromatic carbocycles. The van der Waals surface area contributed by atoms with E-state index in [-0.39, 0.29) is 0 Å². The first kappa shape index (κ1) is 22.2. The Labute approximate surface area is 185 Å². The summed E-state index contributed by atoms with van der Waals surface area (Å²) in [4.78, 5) is 2.38. The number of benzene rings is 3. The summed E-state index contributed by atoms with van der Waals surface area (Å²) in [6.45, 7) is 7.49. The molecule has 0 unspecified atom stereocenters. The second kappa shape index (κ2) is 11.1. The zero-order valence-corrected chi connectivity index (χ0v) is 18.5. The van der Waals surface area contributed by atoms with Crippen LogP contribution in [0.15, 0.2) is 78.9 Å². The van der Waals surface area contributed by atoms with Gasteiger partial charge in [-0.3, -0.25) is 0 Å². The molecule has 0 aromatic heterocycles. The third-order valence-corrected chi connectivity index (χ3v) is 5.60. The van der Waals surface area contributed by atoms with E-state index in [0.717, 1.165) is 24.7 Å². The molecule has 4 heteroatoms. The second-order valence-electron chi connectivity index (χ2n) is 8.03. The van der Waals surface area contributed by atoms with Crippen molar-refractivity contribution in [2.75, 3.05) is 24.5 Å². The van der Waals surface area contributed by atoms with Crippen LogP contribution in [0.3, 0.4) is 0 Å². The monoisotopic (exact) mass is 422 g/mol. The number of halogens is 1. The van der Waals surface area contributed by atoms with Crippen LogP contribution in [-0.2, 0) is 0 Å². The van der Waals surface area contributed by atoms with Gasteiger partial charge < -0.3 is 15.3 Å². The van der Waals surface area contributed by atoms with Crippen molar-refractivity contribution < 1.29 is 5.11 Å². The van der Waals surface area contributed by atoms with E-state index in [1.54, 1.807) is 12.1 Å². The lowest BCUT2D eigenvalue weighted by Crippen LogP contribution is -2.26.